The van der Waals surface area contributed by atoms with Crippen LogP contribution in [-0.2, 0) is 0 Å². The van der Waals surface area contributed by atoms with Gasteiger partial charge in [-0.3, -0.25) is 14.5 Å². The van der Waals surface area contributed by atoms with Crippen molar-refractivity contribution in [3.8, 4) is 5.88 Å². The summed E-state index contributed by atoms with van der Waals surface area (Å²) in [5, 5.41) is 9.43. The first-order valence-electron chi connectivity index (χ1n) is 14.4. The van der Waals surface area contributed by atoms with E-state index in [4.69, 9.17) is 4.74 Å². The Balaban J connectivity index is 1.10. The van der Waals surface area contributed by atoms with E-state index in [9.17, 15) is 9.59 Å². The van der Waals surface area contributed by atoms with Gasteiger partial charge >= 0.3 is 0 Å². The SMILES string of the molecule is Cc1c(Nc2cc[nH]c(=O)c2C(=O)Nc2ccc(N3CCN(C4CCN(C)CC4)CC3)cc2)cnc2c1NCCO2. The van der Waals surface area contributed by atoms with Crippen molar-refractivity contribution in [1.29, 1.82) is 0 Å². The number of aromatic nitrogens is 2. The molecule has 6 rings (SSSR count). The third-order valence-electron chi connectivity index (χ3n) is 8.41. The Bertz CT molecular complexity index is 1440. The predicted molar refractivity (Wildman–Crippen MR) is 162 cm³/mol. The molecule has 11 nitrogen and oxygen atoms in total. The zero-order valence-corrected chi connectivity index (χ0v) is 23.7. The summed E-state index contributed by atoms with van der Waals surface area (Å²) < 4.78 is 5.61. The summed E-state index contributed by atoms with van der Waals surface area (Å²) >= 11 is 0. The molecule has 1 amide bonds. The van der Waals surface area contributed by atoms with Gasteiger partial charge in [-0.1, -0.05) is 0 Å². The van der Waals surface area contributed by atoms with Gasteiger partial charge < -0.3 is 35.5 Å². The monoisotopic (exact) mass is 558 g/mol. The number of rotatable bonds is 6. The van der Waals surface area contributed by atoms with E-state index in [-0.39, 0.29) is 5.56 Å². The Morgan fingerprint density at radius 2 is 1.78 bits per heavy atom. The van der Waals surface area contributed by atoms with E-state index in [0.29, 0.717) is 42.1 Å². The number of carbonyl (C=O) groups excluding carboxylic acids is 1. The lowest BCUT2D eigenvalue weighted by molar-refractivity contribution is 0.102. The number of pyridine rings is 2. The lowest BCUT2D eigenvalue weighted by atomic mass is 10.0. The fraction of sp³-hybridized carbons (Fsp3) is 0.433. The predicted octanol–water partition coefficient (Wildman–Crippen LogP) is 3.09. The highest BCUT2D eigenvalue weighted by Gasteiger charge is 2.27. The molecule has 0 bridgehead atoms. The van der Waals surface area contributed by atoms with Crippen LogP contribution in [0.15, 0.2) is 47.5 Å². The van der Waals surface area contributed by atoms with Gasteiger partial charge in [0.15, 0.2) is 0 Å². The van der Waals surface area contributed by atoms with Gasteiger partial charge in [0.25, 0.3) is 11.5 Å². The molecular formula is C30H38N8O3. The van der Waals surface area contributed by atoms with E-state index >= 15 is 0 Å². The third kappa shape index (κ3) is 5.86. The lowest BCUT2D eigenvalue weighted by Crippen LogP contribution is -2.53. The Hall–Kier alpha value is -4.09. The van der Waals surface area contributed by atoms with Crippen molar-refractivity contribution in [1.82, 2.24) is 19.8 Å². The van der Waals surface area contributed by atoms with Crippen molar-refractivity contribution in [2.24, 2.45) is 0 Å². The minimum absolute atomic E-state index is 0.00272. The van der Waals surface area contributed by atoms with E-state index in [2.05, 4.69) is 47.7 Å². The van der Waals surface area contributed by atoms with Gasteiger partial charge in [0, 0.05) is 61.9 Å². The molecular weight excluding hydrogens is 520 g/mol. The van der Waals surface area contributed by atoms with E-state index in [1.165, 1.54) is 32.1 Å². The summed E-state index contributed by atoms with van der Waals surface area (Å²) in [6.45, 7) is 9.67. The molecule has 4 N–H and O–H groups in total. The van der Waals surface area contributed by atoms with Crippen molar-refractivity contribution in [2.45, 2.75) is 25.8 Å². The molecule has 0 unspecified atom stereocenters. The summed E-state index contributed by atoms with van der Waals surface area (Å²) in [6, 6.07) is 10.2. The fourth-order valence-electron chi connectivity index (χ4n) is 5.95. The first-order chi connectivity index (χ1) is 20.0. The number of H-pyrrole nitrogens is 1. The number of piperidine rings is 1. The number of likely N-dealkylation sites (tertiary alicyclic amines) is 1. The molecule has 0 aliphatic carbocycles. The van der Waals surface area contributed by atoms with Crippen molar-refractivity contribution in [2.75, 3.05) is 80.3 Å². The van der Waals surface area contributed by atoms with Crippen LogP contribution in [0.4, 0.5) is 28.4 Å². The molecule has 216 valence electrons. The van der Waals surface area contributed by atoms with E-state index < -0.39 is 11.5 Å². The molecule has 2 fully saturated rings. The highest BCUT2D eigenvalue weighted by Crippen LogP contribution is 2.34. The molecule has 2 aromatic heterocycles. The second-order valence-corrected chi connectivity index (χ2v) is 11.0. The molecule has 0 spiro atoms. The Labute approximate surface area is 239 Å². The molecule has 3 aliphatic heterocycles. The maximum absolute atomic E-state index is 13.3. The smallest absolute Gasteiger partial charge is 0.263 e. The summed E-state index contributed by atoms with van der Waals surface area (Å²) in [5.74, 6) is 0.0598. The second kappa shape index (κ2) is 11.8. The molecule has 1 aromatic carbocycles. The summed E-state index contributed by atoms with van der Waals surface area (Å²) in [5.41, 5.74) is 4.07. The first-order valence-corrected chi connectivity index (χ1v) is 14.4. The van der Waals surface area contributed by atoms with Crippen molar-refractivity contribution >= 4 is 34.3 Å². The quantitative estimate of drug-likeness (QED) is 0.362. The van der Waals surface area contributed by atoms with E-state index in [0.717, 1.165) is 43.1 Å². The van der Waals surface area contributed by atoms with E-state index in [1.54, 1.807) is 12.3 Å². The number of amides is 1. The zero-order chi connectivity index (χ0) is 28.3. The minimum atomic E-state index is -0.487. The summed E-state index contributed by atoms with van der Waals surface area (Å²) in [6.07, 6.45) is 5.67. The average molecular weight is 559 g/mol. The van der Waals surface area contributed by atoms with Crippen molar-refractivity contribution in [3.63, 3.8) is 0 Å². The van der Waals surface area contributed by atoms with Gasteiger partial charge in [-0.05, 0) is 70.2 Å². The number of carbonyl (C=O) groups is 1. The van der Waals surface area contributed by atoms with Crippen LogP contribution in [0, 0.1) is 6.92 Å². The number of hydrogen-bond acceptors (Lipinski definition) is 9. The average Bonchev–Trinajstić information content (AvgIpc) is 3.00. The van der Waals surface area contributed by atoms with Crippen LogP contribution in [0.3, 0.4) is 0 Å². The van der Waals surface area contributed by atoms with Crippen LogP contribution in [0.1, 0.15) is 28.8 Å². The van der Waals surface area contributed by atoms with Crippen LogP contribution >= 0.6 is 0 Å². The highest BCUT2D eigenvalue weighted by atomic mass is 16.5. The molecule has 3 aromatic rings. The zero-order valence-electron chi connectivity index (χ0n) is 23.7. The highest BCUT2D eigenvalue weighted by molar-refractivity contribution is 6.08. The number of piperazine rings is 1. The van der Waals surface area contributed by atoms with Gasteiger partial charge in [0.05, 0.1) is 17.6 Å². The van der Waals surface area contributed by atoms with Crippen molar-refractivity contribution < 1.29 is 9.53 Å². The minimum Gasteiger partial charge on any atom is -0.474 e. The van der Waals surface area contributed by atoms with Gasteiger partial charge in [-0.2, -0.15) is 0 Å². The first kappa shape index (κ1) is 27.1. The van der Waals surface area contributed by atoms with Crippen LogP contribution in [0.2, 0.25) is 0 Å². The van der Waals surface area contributed by atoms with Gasteiger partial charge in [0.2, 0.25) is 5.88 Å². The molecule has 2 saturated heterocycles. The number of nitrogens with one attached hydrogen (secondary N) is 4. The van der Waals surface area contributed by atoms with Gasteiger partial charge in [-0.15, -0.1) is 0 Å². The fourth-order valence-corrected chi connectivity index (χ4v) is 5.95. The number of benzene rings is 1. The number of hydrogen-bond donors (Lipinski definition) is 4. The summed E-state index contributed by atoms with van der Waals surface area (Å²) in [4.78, 5) is 40.6. The van der Waals surface area contributed by atoms with Crippen LogP contribution in [-0.4, -0.2) is 91.2 Å². The van der Waals surface area contributed by atoms with Crippen molar-refractivity contribution in [3.05, 3.63) is 64.2 Å². The molecule has 41 heavy (non-hydrogen) atoms. The standard InChI is InChI=1S/C30H38N8O3/c1-20-25(19-33-30-27(20)31-11-18-41-30)35-24-7-10-32-28(39)26(24)29(40)34-21-3-5-22(6-4-21)37-14-16-38(17-15-37)23-8-12-36(2)13-9-23/h3-7,10,19,23,31H,8-9,11-18H2,1-2H3,(H,34,40)(H2,32,35,39). The number of nitrogens with zero attached hydrogens (tertiary/aromatic N) is 4. The second-order valence-electron chi connectivity index (χ2n) is 11.0. The molecule has 0 atom stereocenters. The molecule has 0 saturated carbocycles. The molecule has 5 heterocycles. The van der Waals surface area contributed by atoms with Crippen LogP contribution in [0.25, 0.3) is 0 Å². The maximum Gasteiger partial charge on any atom is 0.263 e. The largest absolute Gasteiger partial charge is 0.474 e. The van der Waals surface area contributed by atoms with E-state index in [1.807, 2.05) is 31.2 Å². The lowest BCUT2D eigenvalue weighted by Gasteiger charge is -2.42. The normalized spacial score (nSPS) is 18.2. The third-order valence-corrected chi connectivity index (χ3v) is 8.41. The number of ether oxygens (including phenoxy) is 1. The summed E-state index contributed by atoms with van der Waals surface area (Å²) in [7, 11) is 2.20. The van der Waals surface area contributed by atoms with Gasteiger partial charge in [0.1, 0.15) is 17.9 Å². The molecule has 0 radical (unpaired) electrons. The number of fused-ring (bicyclic) bond motifs is 1. The Kier molecular flexibility index (Phi) is 7.80. The topological polar surface area (TPSA) is 118 Å². The molecule has 3 aliphatic rings. The number of anilines is 5. The number of aromatic amines is 1. The maximum atomic E-state index is 13.3. The van der Waals surface area contributed by atoms with Gasteiger partial charge in [-0.25, -0.2) is 4.98 Å². The van der Waals surface area contributed by atoms with Crippen LogP contribution < -0.4 is 31.1 Å². The van der Waals surface area contributed by atoms with Crippen LogP contribution in [0.5, 0.6) is 5.88 Å². The molecule has 11 heteroatoms. The Morgan fingerprint density at radius 1 is 1.02 bits per heavy atom. The Morgan fingerprint density at radius 3 is 2.54 bits per heavy atom.